The van der Waals surface area contributed by atoms with Crippen LogP contribution in [0.1, 0.15) is 13.3 Å². The van der Waals surface area contributed by atoms with E-state index in [2.05, 4.69) is 11.9 Å². The molecule has 1 aliphatic rings. The van der Waals surface area contributed by atoms with Crippen molar-refractivity contribution in [2.45, 2.75) is 24.3 Å². The van der Waals surface area contributed by atoms with Crippen molar-refractivity contribution in [3.8, 4) is 0 Å². The molecule has 0 saturated carbocycles. The summed E-state index contributed by atoms with van der Waals surface area (Å²) < 4.78 is 27.4. The first-order chi connectivity index (χ1) is 11.4. The van der Waals surface area contributed by atoms with E-state index in [0.29, 0.717) is 19.5 Å². The van der Waals surface area contributed by atoms with E-state index in [1.807, 2.05) is 13.0 Å². The molecule has 7 nitrogen and oxygen atoms in total. The number of benzene rings is 1. The summed E-state index contributed by atoms with van der Waals surface area (Å²) in [6, 6.07) is 4.68. The van der Waals surface area contributed by atoms with Crippen LogP contribution in [0.25, 0.3) is 0 Å². The van der Waals surface area contributed by atoms with Crippen LogP contribution >= 0.6 is 0 Å². The molecule has 0 aromatic heterocycles. The Kier molecular flexibility index (Phi) is 5.87. The van der Waals surface area contributed by atoms with Gasteiger partial charge in [-0.25, -0.2) is 8.42 Å². The molecule has 0 spiro atoms. The van der Waals surface area contributed by atoms with Crippen LogP contribution in [0.4, 0.5) is 5.69 Å². The number of sulfonamides is 1. The van der Waals surface area contributed by atoms with Crippen molar-refractivity contribution < 1.29 is 13.3 Å². The molecule has 0 radical (unpaired) electrons. The third-order valence-electron chi connectivity index (χ3n) is 3.81. The van der Waals surface area contributed by atoms with Gasteiger partial charge in [-0.3, -0.25) is 10.1 Å². The second-order valence-corrected chi connectivity index (χ2v) is 7.55. The van der Waals surface area contributed by atoms with Crippen molar-refractivity contribution in [3.63, 3.8) is 0 Å². The van der Waals surface area contributed by atoms with Crippen molar-refractivity contribution in [3.05, 3.63) is 58.7 Å². The molecule has 0 fully saturated rings. The first kappa shape index (κ1) is 18.3. The molecular weight excluding hydrogens is 330 g/mol. The average molecular weight is 351 g/mol. The number of hydrogen-bond acceptors (Lipinski definition) is 5. The molecule has 1 heterocycles. The molecular formula is C16H21N3O4S. The topological polar surface area (TPSA) is 92.6 Å². The molecule has 8 heteroatoms. The van der Waals surface area contributed by atoms with Crippen LogP contribution in [-0.4, -0.2) is 43.3 Å². The van der Waals surface area contributed by atoms with Gasteiger partial charge in [-0.15, -0.1) is 6.58 Å². The standard InChI is InChI=1S/C16H21N3O4S/c1-3-4-9-18(15-10-13(2)11-17-12-15)24(22,23)16-7-5-14(6-8-16)19(20)21/h3,5-8,10,15,17H,1,4,9,11-12H2,2H3. The SMILES string of the molecule is C=CCCN(C1C=C(C)CNC1)S(=O)(=O)c1ccc([N+](=O)[O-])cc1. The Hall–Kier alpha value is -2.03. The Morgan fingerprint density at radius 1 is 1.42 bits per heavy atom. The summed E-state index contributed by atoms with van der Waals surface area (Å²) >= 11 is 0. The number of nitro benzene ring substituents is 1. The Bertz CT molecular complexity index is 741. The Labute approximate surface area is 141 Å². The molecule has 1 unspecified atom stereocenters. The largest absolute Gasteiger partial charge is 0.311 e. The Balaban J connectivity index is 2.37. The minimum Gasteiger partial charge on any atom is -0.311 e. The van der Waals surface area contributed by atoms with Gasteiger partial charge in [-0.05, 0) is 25.5 Å². The lowest BCUT2D eigenvalue weighted by Crippen LogP contribution is -2.47. The summed E-state index contributed by atoms with van der Waals surface area (Å²) in [7, 11) is -3.76. The van der Waals surface area contributed by atoms with E-state index in [9.17, 15) is 18.5 Å². The highest BCUT2D eigenvalue weighted by Gasteiger charge is 2.31. The summed E-state index contributed by atoms with van der Waals surface area (Å²) in [6.45, 7) is 7.17. The maximum absolute atomic E-state index is 13.0. The molecule has 0 amide bonds. The predicted octanol–water partition coefficient (Wildman–Crippen LogP) is 2.08. The van der Waals surface area contributed by atoms with Crippen LogP contribution in [0.5, 0.6) is 0 Å². The van der Waals surface area contributed by atoms with E-state index < -0.39 is 14.9 Å². The fraction of sp³-hybridized carbons (Fsp3) is 0.375. The lowest BCUT2D eigenvalue weighted by Gasteiger charge is -2.32. The minimum absolute atomic E-state index is 0.0498. The van der Waals surface area contributed by atoms with Gasteiger partial charge >= 0.3 is 0 Å². The van der Waals surface area contributed by atoms with E-state index in [1.165, 1.54) is 28.6 Å². The molecule has 0 aliphatic carbocycles. The molecule has 1 aliphatic heterocycles. The van der Waals surface area contributed by atoms with E-state index >= 15 is 0 Å². The summed E-state index contributed by atoms with van der Waals surface area (Å²) in [5.74, 6) is 0. The van der Waals surface area contributed by atoms with Crippen LogP contribution < -0.4 is 5.32 Å². The van der Waals surface area contributed by atoms with Crippen LogP contribution in [0.2, 0.25) is 0 Å². The van der Waals surface area contributed by atoms with Crippen molar-refractivity contribution >= 4 is 15.7 Å². The Morgan fingerprint density at radius 2 is 2.08 bits per heavy atom. The smallest absolute Gasteiger partial charge is 0.269 e. The fourth-order valence-corrected chi connectivity index (χ4v) is 4.19. The monoisotopic (exact) mass is 351 g/mol. The second-order valence-electron chi connectivity index (χ2n) is 5.66. The molecule has 2 rings (SSSR count). The van der Waals surface area contributed by atoms with Gasteiger partial charge in [-0.1, -0.05) is 17.7 Å². The zero-order valence-corrected chi connectivity index (χ0v) is 14.3. The fourth-order valence-electron chi connectivity index (χ4n) is 2.61. The van der Waals surface area contributed by atoms with E-state index in [1.54, 1.807) is 6.08 Å². The maximum atomic E-state index is 13.0. The van der Waals surface area contributed by atoms with Gasteiger partial charge in [-0.2, -0.15) is 4.31 Å². The highest BCUT2D eigenvalue weighted by atomic mass is 32.2. The van der Waals surface area contributed by atoms with E-state index in [4.69, 9.17) is 0 Å². The van der Waals surface area contributed by atoms with Crippen molar-refractivity contribution in [2.75, 3.05) is 19.6 Å². The van der Waals surface area contributed by atoms with Gasteiger partial charge in [0.05, 0.1) is 15.9 Å². The van der Waals surface area contributed by atoms with Crippen molar-refractivity contribution in [1.82, 2.24) is 9.62 Å². The minimum atomic E-state index is -3.76. The highest BCUT2D eigenvalue weighted by molar-refractivity contribution is 7.89. The lowest BCUT2D eigenvalue weighted by atomic mass is 10.1. The van der Waals surface area contributed by atoms with Crippen molar-refractivity contribution in [1.29, 1.82) is 0 Å². The summed E-state index contributed by atoms with van der Waals surface area (Å²) in [5.41, 5.74) is 0.940. The third kappa shape index (κ3) is 4.08. The van der Waals surface area contributed by atoms with Crippen LogP contribution in [0.3, 0.4) is 0 Å². The molecule has 130 valence electrons. The number of non-ortho nitro benzene ring substituents is 1. The normalized spacial score (nSPS) is 18.2. The summed E-state index contributed by atoms with van der Waals surface area (Å²) in [6.07, 6.45) is 4.14. The molecule has 1 aromatic rings. The maximum Gasteiger partial charge on any atom is 0.269 e. The molecule has 1 atom stereocenters. The highest BCUT2D eigenvalue weighted by Crippen LogP contribution is 2.23. The van der Waals surface area contributed by atoms with Gasteiger partial charge < -0.3 is 5.32 Å². The Morgan fingerprint density at radius 3 is 2.62 bits per heavy atom. The van der Waals surface area contributed by atoms with Gasteiger partial charge in [0, 0.05) is 31.8 Å². The zero-order chi connectivity index (χ0) is 17.7. The zero-order valence-electron chi connectivity index (χ0n) is 13.5. The van der Waals surface area contributed by atoms with E-state index in [-0.39, 0.29) is 16.6 Å². The third-order valence-corrected chi connectivity index (χ3v) is 5.75. The number of hydrogen-bond donors (Lipinski definition) is 1. The quantitative estimate of drug-likeness (QED) is 0.461. The summed E-state index contributed by atoms with van der Waals surface area (Å²) in [5, 5.41) is 13.9. The van der Waals surface area contributed by atoms with Gasteiger partial charge in [0.2, 0.25) is 10.0 Å². The lowest BCUT2D eigenvalue weighted by molar-refractivity contribution is -0.384. The number of nitrogens with zero attached hydrogens (tertiary/aromatic N) is 2. The summed E-state index contributed by atoms with van der Waals surface area (Å²) in [4.78, 5) is 10.2. The first-order valence-electron chi connectivity index (χ1n) is 7.61. The van der Waals surface area contributed by atoms with Gasteiger partial charge in [0.1, 0.15) is 0 Å². The van der Waals surface area contributed by atoms with Gasteiger partial charge in [0.15, 0.2) is 0 Å². The number of nitro groups is 1. The van der Waals surface area contributed by atoms with Crippen molar-refractivity contribution in [2.24, 2.45) is 0 Å². The first-order valence-corrected chi connectivity index (χ1v) is 9.05. The van der Waals surface area contributed by atoms with Crippen LogP contribution in [0, 0.1) is 10.1 Å². The molecule has 1 N–H and O–H groups in total. The molecule has 0 saturated heterocycles. The number of nitrogens with one attached hydrogen (secondary N) is 1. The molecule has 24 heavy (non-hydrogen) atoms. The molecule has 0 bridgehead atoms. The predicted molar refractivity (Wildman–Crippen MR) is 92.2 cm³/mol. The molecule has 1 aromatic carbocycles. The second kappa shape index (κ2) is 7.69. The van der Waals surface area contributed by atoms with Gasteiger partial charge in [0.25, 0.3) is 5.69 Å². The van der Waals surface area contributed by atoms with Crippen LogP contribution in [0.15, 0.2) is 53.5 Å². The number of rotatable bonds is 7. The van der Waals surface area contributed by atoms with E-state index in [0.717, 1.165) is 12.1 Å². The van der Waals surface area contributed by atoms with Crippen LogP contribution in [-0.2, 0) is 10.0 Å². The average Bonchev–Trinajstić information content (AvgIpc) is 2.55.